The van der Waals surface area contributed by atoms with Gasteiger partial charge < -0.3 is 10.1 Å². The van der Waals surface area contributed by atoms with Crippen LogP contribution in [0.15, 0.2) is 30.3 Å². The van der Waals surface area contributed by atoms with Crippen LogP contribution < -0.4 is 5.32 Å². The number of thioether (sulfide) groups is 1. The number of rotatable bonds is 8. The number of hydrogen-bond donors (Lipinski definition) is 1. The van der Waals surface area contributed by atoms with E-state index in [2.05, 4.69) is 29.1 Å². The van der Waals surface area contributed by atoms with Gasteiger partial charge in [0, 0.05) is 11.8 Å². The lowest BCUT2D eigenvalue weighted by Crippen LogP contribution is -2.29. The third-order valence-electron chi connectivity index (χ3n) is 3.15. The fourth-order valence-corrected chi connectivity index (χ4v) is 2.60. The summed E-state index contributed by atoms with van der Waals surface area (Å²) in [7, 11) is 1.37. The number of esters is 1. The third kappa shape index (κ3) is 7.18. The molecule has 0 saturated heterocycles. The molecule has 0 heterocycles. The highest BCUT2D eigenvalue weighted by Crippen LogP contribution is 2.15. The minimum absolute atomic E-state index is 0.000466. The van der Waals surface area contributed by atoms with Crippen LogP contribution in [0.4, 0.5) is 0 Å². The van der Waals surface area contributed by atoms with Crippen LogP contribution in [0.3, 0.4) is 0 Å². The Morgan fingerprint density at radius 3 is 2.52 bits per heavy atom. The second-order valence-corrected chi connectivity index (χ2v) is 6.44. The Kier molecular flexibility index (Phi) is 7.90. The molecule has 4 nitrogen and oxygen atoms in total. The average molecular weight is 309 g/mol. The monoisotopic (exact) mass is 309 g/mol. The molecule has 0 spiro atoms. The average Bonchev–Trinajstić information content (AvgIpc) is 2.51. The van der Waals surface area contributed by atoms with Crippen molar-refractivity contribution >= 4 is 23.6 Å². The van der Waals surface area contributed by atoms with Crippen molar-refractivity contribution < 1.29 is 14.3 Å². The van der Waals surface area contributed by atoms with Crippen molar-refractivity contribution in [2.24, 2.45) is 0 Å². The van der Waals surface area contributed by atoms with Gasteiger partial charge in [0.15, 0.2) is 0 Å². The van der Waals surface area contributed by atoms with Crippen molar-refractivity contribution in [3.8, 4) is 0 Å². The maximum absolute atomic E-state index is 11.8. The summed E-state index contributed by atoms with van der Waals surface area (Å²) in [4.78, 5) is 22.9. The molecule has 0 bridgehead atoms. The minimum atomic E-state index is -0.242. The van der Waals surface area contributed by atoms with Gasteiger partial charge in [0.05, 0.1) is 19.3 Å². The van der Waals surface area contributed by atoms with E-state index in [4.69, 9.17) is 0 Å². The van der Waals surface area contributed by atoms with Gasteiger partial charge >= 0.3 is 5.97 Å². The van der Waals surface area contributed by atoms with Crippen molar-refractivity contribution in [2.45, 2.75) is 31.4 Å². The zero-order valence-corrected chi connectivity index (χ0v) is 13.6. The highest BCUT2D eigenvalue weighted by molar-refractivity contribution is 8.00. The van der Waals surface area contributed by atoms with Crippen LogP contribution in [0, 0.1) is 0 Å². The first-order chi connectivity index (χ1) is 10.0. The van der Waals surface area contributed by atoms with Crippen LogP contribution in [-0.2, 0) is 14.3 Å². The van der Waals surface area contributed by atoms with Gasteiger partial charge in [0.25, 0.3) is 0 Å². The second-order valence-electron chi connectivity index (χ2n) is 5.02. The number of carbonyl (C=O) groups excluding carboxylic acids is 2. The Morgan fingerprint density at radius 1 is 1.24 bits per heavy atom. The van der Waals surface area contributed by atoms with E-state index in [1.807, 2.05) is 25.1 Å². The summed E-state index contributed by atoms with van der Waals surface area (Å²) in [5.74, 6) is 0.403. The fraction of sp³-hybridized carbons (Fsp3) is 0.500. The smallest absolute Gasteiger partial charge is 0.306 e. The predicted octanol–water partition coefficient (Wildman–Crippen LogP) is 2.59. The van der Waals surface area contributed by atoms with Gasteiger partial charge in [-0.05, 0) is 11.5 Å². The van der Waals surface area contributed by atoms with Crippen LogP contribution in [-0.4, -0.2) is 36.5 Å². The molecular formula is C16H23NO3S. The molecule has 1 aromatic carbocycles. The van der Waals surface area contributed by atoms with E-state index < -0.39 is 0 Å². The van der Waals surface area contributed by atoms with E-state index in [9.17, 15) is 9.59 Å². The van der Waals surface area contributed by atoms with Crippen molar-refractivity contribution in [1.82, 2.24) is 5.32 Å². The molecule has 0 saturated carbocycles. The Balaban J connectivity index is 2.23. The zero-order valence-electron chi connectivity index (χ0n) is 12.8. The van der Waals surface area contributed by atoms with Crippen molar-refractivity contribution in [1.29, 1.82) is 0 Å². The van der Waals surface area contributed by atoms with Crippen molar-refractivity contribution in [3.05, 3.63) is 35.9 Å². The molecule has 1 aromatic rings. The van der Waals surface area contributed by atoms with Gasteiger partial charge in [0.1, 0.15) is 0 Å². The number of nitrogens with one attached hydrogen (secondary N) is 1. The molecule has 0 aromatic heterocycles. The standard InChI is InChI=1S/C16H23NO3S/c1-12(14-7-5-4-6-8-14)10-17-15(18)11-21-13(2)9-16(19)20-3/h4-8,12-13H,9-11H2,1-3H3,(H,17,18). The van der Waals surface area contributed by atoms with Gasteiger partial charge in [-0.15, -0.1) is 11.8 Å². The summed E-state index contributed by atoms with van der Waals surface area (Å²) in [6.45, 7) is 4.62. The van der Waals surface area contributed by atoms with Crippen LogP contribution in [0.25, 0.3) is 0 Å². The lowest BCUT2D eigenvalue weighted by molar-refractivity contribution is -0.140. The van der Waals surface area contributed by atoms with Crippen LogP contribution in [0.5, 0.6) is 0 Å². The summed E-state index contributed by atoms with van der Waals surface area (Å²) < 4.78 is 4.60. The van der Waals surface area contributed by atoms with E-state index >= 15 is 0 Å². The molecule has 21 heavy (non-hydrogen) atoms. The third-order valence-corrected chi connectivity index (χ3v) is 4.32. The second kappa shape index (κ2) is 9.45. The molecule has 1 amide bonds. The van der Waals surface area contributed by atoms with Gasteiger partial charge in [-0.2, -0.15) is 0 Å². The molecule has 0 fully saturated rings. The van der Waals surface area contributed by atoms with E-state index in [1.165, 1.54) is 24.4 Å². The lowest BCUT2D eigenvalue weighted by Gasteiger charge is -2.14. The lowest BCUT2D eigenvalue weighted by atomic mass is 10.0. The molecule has 116 valence electrons. The van der Waals surface area contributed by atoms with Crippen LogP contribution >= 0.6 is 11.8 Å². The SMILES string of the molecule is COC(=O)CC(C)SCC(=O)NCC(C)c1ccccc1. The highest BCUT2D eigenvalue weighted by Gasteiger charge is 2.12. The summed E-state index contributed by atoms with van der Waals surface area (Å²) >= 11 is 1.46. The van der Waals surface area contributed by atoms with Gasteiger partial charge in [-0.3, -0.25) is 9.59 Å². The first-order valence-electron chi connectivity index (χ1n) is 7.03. The molecule has 0 radical (unpaired) electrons. The molecule has 5 heteroatoms. The normalized spacial score (nSPS) is 13.3. The first kappa shape index (κ1) is 17.6. The Morgan fingerprint density at radius 2 is 1.90 bits per heavy atom. The summed E-state index contributed by atoms with van der Waals surface area (Å²) in [5, 5.41) is 3.01. The number of methoxy groups -OCH3 is 1. The topological polar surface area (TPSA) is 55.4 Å². The molecule has 0 aliphatic carbocycles. The summed E-state index contributed by atoms with van der Waals surface area (Å²) in [6, 6.07) is 10.1. The molecule has 2 unspecified atom stereocenters. The van der Waals surface area contributed by atoms with Crippen LogP contribution in [0.1, 0.15) is 31.7 Å². The van der Waals surface area contributed by atoms with E-state index in [-0.39, 0.29) is 23.0 Å². The highest BCUT2D eigenvalue weighted by atomic mass is 32.2. The quantitative estimate of drug-likeness (QED) is 0.750. The molecule has 1 N–H and O–H groups in total. The number of ether oxygens (including phenoxy) is 1. The van der Waals surface area contributed by atoms with Gasteiger partial charge in [0.2, 0.25) is 5.91 Å². The van der Waals surface area contributed by atoms with E-state index in [0.717, 1.165) is 0 Å². The summed E-state index contributed by atoms with van der Waals surface area (Å²) in [6.07, 6.45) is 0.328. The Hall–Kier alpha value is -1.49. The predicted molar refractivity (Wildman–Crippen MR) is 86.4 cm³/mol. The van der Waals surface area contributed by atoms with Crippen molar-refractivity contribution in [3.63, 3.8) is 0 Å². The molecular weight excluding hydrogens is 286 g/mol. The van der Waals surface area contributed by atoms with Gasteiger partial charge in [-0.25, -0.2) is 0 Å². The molecule has 0 aliphatic heterocycles. The molecule has 0 aliphatic rings. The summed E-state index contributed by atoms with van der Waals surface area (Å²) in [5.41, 5.74) is 1.21. The van der Waals surface area contributed by atoms with Crippen molar-refractivity contribution in [2.75, 3.05) is 19.4 Å². The largest absolute Gasteiger partial charge is 0.469 e. The fourth-order valence-electron chi connectivity index (χ4n) is 1.81. The number of amides is 1. The first-order valence-corrected chi connectivity index (χ1v) is 8.07. The van der Waals surface area contributed by atoms with Crippen LogP contribution in [0.2, 0.25) is 0 Å². The van der Waals surface area contributed by atoms with E-state index in [0.29, 0.717) is 18.7 Å². The van der Waals surface area contributed by atoms with E-state index in [1.54, 1.807) is 0 Å². The Bertz CT molecular complexity index is 450. The molecule has 2 atom stereocenters. The Labute approximate surface area is 130 Å². The maximum atomic E-state index is 11.8. The van der Waals surface area contributed by atoms with Gasteiger partial charge in [-0.1, -0.05) is 44.2 Å². The number of hydrogen-bond acceptors (Lipinski definition) is 4. The number of benzene rings is 1. The zero-order chi connectivity index (χ0) is 15.7. The molecule has 1 rings (SSSR count). The maximum Gasteiger partial charge on any atom is 0.306 e. The minimum Gasteiger partial charge on any atom is -0.469 e. The number of carbonyl (C=O) groups is 2.